The predicted octanol–water partition coefficient (Wildman–Crippen LogP) is 2.03. The Morgan fingerprint density at radius 3 is 3.05 bits per heavy atom. The van der Waals surface area contributed by atoms with Gasteiger partial charge in [-0.3, -0.25) is 4.79 Å². The Morgan fingerprint density at radius 2 is 2.33 bits per heavy atom. The van der Waals surface area contributed by atoms with Crippen LogP contribution in [0.1, 0.15) is 39.5 Å². The molecular formula is C14H23N5OS. The summed E-state index contributed by atoms with van der Waals surface area (Å²) in [5, 5.41) is 15.1. The Morgan fingerprint density at radius 1 is 1.57 bits per heavy atom. The Hall–Kier alpha value is -1.37. The third-order valence-electron chi connectivity index (χ3n) is 3.89. The minimum absolute atomic E-state index is 0.0619. The van der Waals surface area contributed by atoms with E-state index in [1.54, 1.807) is 10.8 Å². The standard InChI is InChI=1S/C14H23N5OS/c1-4-9-19-14(16-17-18-19)21-11(3)13(20)15-12-8-6-5-7-10(12)2/h4,10-12H,1,5-9H2,2-3H3,(H,15,20). The number of carbonyl (C=O) groups is 1. The molecule has 0 spiro atoms. The van der Waals surface area contributed by atoms with Crippen LogP contribution in [0.3, 0.4) is 0 Å². The van der Waals surface area contributed by atoms with Crippen molar-refractivity contribution in [3.05, 3.63) is 12.7 Å². The van der Waals surface area contributed by atoms with Gasteiger partial charge < -0.3 is 5.32 Å². The number of hydrogen-bond acceptors (Lipinski definition) is 5. The van der Waals surface area contributed by atoms with E-state index in [-0.39, 0.29) is 11.2 Å². The fourth-order valence-electron chi connectivity index (χ4n) is 2.56. The second kappa shape index (κ2) is 7.59. The van der Waals surface area contributed by atoms with Gasteiger partial charge >= 0.3 is 0 Å². The molecule has 1 N–H and O–H groups in total. The number of nitrogens with zero attached hydrogens (tertiary/aromatic N) is 4. The van der Waals surface area contributed by atoms with Gasteiger partial charge in [0.25, 0.3) is 0 Å². The molecule has 1 saturated carbocycles. The molecule has 1 aliphatic carbocycles. The van der Waals surface area contributed by atoms with Gasteiger partial charge in [-0.25, -0.2) is 4.68 Å². The van der Waals surface area contributed by atoms with E-state index in [1.165, 1.54) is 31.0 Å². The van der Waals surface area contributed by atoms with Crippen LogP contribution in [0.15, 0.2) is 17.8 Å². The lowest BCUT2D eigenvalue weighted by Gasteiger charge is -2.30. The molecule has 1 heterocycles. The highest BCUT2D eigenvalue weighted by Crippen LogP contribution is 2.25. The Labute approximate surface area is 129 Å². The van der Waals surface area contributed by atoms with Crippen molar-refractivity contribution in [3.8, 4) is 0 Å². The zero-order valence-electron chi connectivity index (χ0n) is 12.7. The number of rotatable bonds is 6. The Balaban J connectivity index is 1.89. The highest BCUT2D eigenvalue weighted by Gasteiger charge is 2.26. The van der Waals surface area contributed by atoms with Crippen LogP contribution in [0.4, 0.5) is 0 Å². The number of allylic oxidation sites excluding steroid dienone is 1. The highest BCUT2D eigenvalue weighted by atomic mass is 32.2. The molecular weight excluding hydrogens is 286 g/mol. The number of aromatic nitrogens is 4. The van der Waals surface area contributed by atoms with E-state index >= 15 is 0 Å². The first-order valence-corrected chi connectivity index (χ1v) is 8.34. The SMILES string of the molecule is C=CCn1nnnc1SC(C)C(=O)NC1CCCCC1C. The van der Waals surface area contributed by atoms with Crippen LogP contribution in [0.25, 0.3) is 0 Å². The number of thioether (sulfide) groups is 1. The summed E-state index contributed by atoms with van der Waals surface area (Å²) in [6.45, 7) is 8.32. The fourth-order valence-corrected chi connectivity index (χ4v) is 3.37. The van der Waals surface area contributed by atoms with Crippen molar-refractivity contribution in [2.45, 2.75) is 62.5 Å². The van der Waals surface area contributed by atoms with Crippen molar-refractivity contribution in [3.63, 3.8) is 0 Å². The minimum atomic E-state index is -0.214. The average Bonchev–Trinajstić information content (AvgIpc) is 2.89. The van der Waals surface area contributed by atoms with Crippen molar-refractivity contribution in [2.75, 3.05) is 0 Å². The molecule has 21 heavy (non-hydrogen) atoms. The van der Waals surface area contributed by atoms with E-state index in [2.05, 4.69) is 34.3 Å². The van der Waals surface area contributed by atoms with Gasteiger partial charge in [0.05, 0.1) is 11.8 Å². The Bertz CT molecular complexity index is 489. The quantitative estimate of drug-likeness (QED) is 0.643. The van der Waals surface area contributed by atoms with Gasteiger partial charge in [-0.05, 0) is 36.1 Å². The second-order valence-electron chi connectivity index (χ2n) is 5.57. The molecule has 0 saturated heterocycles. The number of hydrogen-bond donors (Lipinski definition) is 1. The van der Waals surface area contributed by atoms with E-state index in [9.17, 15) is 4.79 Å². The van der Waals surface area contributed by atoms with E-state index in [4.69, 9.17) is 0 Å². The maximum absolute atomic E-state index is 12.3. The molecule has 0 radical (unpaired) electrons. The van der Waals surface area contributed by atoms with Gasteiger partial charge in [-0.2, -0.15) is 0 Å². The average molecular weight is 309 g/mol. The molecule has 116 valence electrons. The molecule has 0 aromatic carbocycles. The first-order valence-electron chi connectivity index (χ1n) is 7.46. The van der Waals surface area contributed by atoms with Gasteiger partial charge in [0.2, 0.25) is 11.1 Å². The fraction of sp³-hybridized carbons (Fsp3) is 0.714. The number of nitrogens with one attached hydrogen (secondary N) is 1. The van der Waals surface area contributed by atoms with Gasteiger partial charge in [0.1, 0.15) is 0 Å². The first kappa shape index (κ1) is 16.0. The number of tetrazole rings is 1. The van der Waals surface area contributed by atoms with E-state index in [0.29, 0.717) is 23.7 Å². The zero-order chi connectivity index (χ0) is 15.2. The van der Waals surface area contributed by atoms with Gasteiger partial charge in [0, 0.05) is 6.04 Å². The van der Waals surface area contributed by atoms with Crippen molar-refractivity contribution in [1.82, 2.24) is 25.5 Å². The lowest BCUT2D eigenvalue weighted by atomic mass is 9.86. The molecule has 1 aliphatic rings. The van der Waals surface area contributed by atoms with Gasteiger partial charge in [0.15, 0.2) is 0 Å². The van der Waals surface area contributed by atoms with Crippen molar-refractivity contribution < 1.29 is 4.79 Å². The molecule has 6 nitrogen and oxygen atoms in total. The third kappa shape index (κ3) is 4.30. The molecule has 2 rings (SSSR count). The number of amides is 1. The van der Waals surface area contributed by atoms with Crippen molar-refractivity contribution in [1.29, 1.82) is 0 Å². The van der Waals surface area contributed by atoms with Crippen LogP contribution >= 0.6 is 11.8 Å². The molecule has 3 unspecified atom stereocenters. The molecule has 1 fully saturated rings. The molecule has 3 atom stereocenters. The monoisotopic (exact) mass is 309 g/mol. The van der Waals surface area contributed by atoms with Crippen molar-refractivity contribution >= 4 is 17.7 Å². The predicted molar refractivity (Wildman–Crippen MR) is 82.9 cm³/mol. The van der Waals surface area contributed by atoms with Crippen LogP contribution < -0.4 is 5.32 Å². The topological polar surface area (TPSA) is 72.7 Å². The summed E-state index contributed by atoms with van der Waals surface area (Å²) in [5.41, 5.74) is 0. The molecule has 1 aromatic heterocycles. The summed E-state index contributed by atoms with van der Waals surface area (Å²) < 4.78 is 1.64. The van der Waals surface area contributed by atoms with Crippen LogP contribution in [0, 0.1) is 5.92 Å². The summed E-state index contributed by atoms with van der Waals surface area (Å²) in [5.74, 6) is 0.623. The molecule has 0 bridgehead atoms. The van der Waals surface area contributed by atoms with Gasteiger partial charge in [-0.15, -0.1) is 11.7 Å². The molecule has 1 aromatic rings. The van der Waals surface area contributed by atoms with Crippen LogP contribution in [-0.2, 0) is 11.3 Å². The summed E-state index contributed by atoms with van der Waals surface area (Å²) in [4.78, 5) is 12.3. The Kier molecular flexibility index (Phi) is 5.78. The van der Waals surface area contributed by atoms with Crippen LogP contribution in [0.2, 0.25) is 0 Å². The first-order chi connectivity index (χ1) is 10.1. The summed E-state index contributed by atoms with van der Waals surface area (Å²) in [6, 6.07) is 0.304. The minimum Gasteiger partial charge on any atom is -0.352 e. The van der Waals surface area contributed by atoms with Crippen LogP contribution in [0.5, 0.6) is 0 Å². The normalized spacial score (nSPS) is 23.5. The van der Waals surface area contributed by atoms with Crippen molar-refractivity contribution in [2.24, 2.45) is 5.92 Å². The highest BCUT2D eigenvalue weighted by molar-refractivity contribution is 8.00. The summed E-state index contributed by atoms with van der Waals surface area (Å²) >= 11 is 1.38. The maximum Gasteiger partial charge on any atom is 0.233 e. The lowest BCUT2D eigenvalue weighted by Crippen LogP contribution is -2.44. The summed E-state index contributed by atoms with van der Waals surface area (Å²) in [7, 11) is 0. The zero-order valence-corrected chi connectivity index (χ0v) is 13.5. The molecule has 1 amide bonds. The second-order valence-corrected chi connectivity index (χ2v) is 6.88. The number of carbonyl (C=O) groups excluding carboxylic acids is 1. The van der Waals surface area contributed by atoms with Crippen LogP contribution in [-0.4, -0.2) is 37.4 Å². The molecule has 0 aliphatic heterocycles. The molecule has 7 heteroatoms. The van der Waals surface area contributed by atoms with Gasteiger partial charge in [-0.1, -0.05) is 37.6 Å². The largest absolute Gasteiger partial charge is 0.352 e. The maximum atomic E-state index is 12.3. The third-order valence-corrected chi connectivity index (χ3v) is 4.96. The lowest BCUT2D eigenvalue weighted by molar-refractivity contribution is -0.121. The summed E-state index contributed by atoms with van der Waals surface area (Å²) in [6.07, 6.45) is 6.49. The van der Waals surface area contributed by atoms with E-state index in [1.807, 2.05) is 6.92 Å². The smallest absolute Gasteiger partial charge is 0.233 e. The van der Waals surface area contributed by atoms with E-state index < -0.39 is 0 Å². The van der Waals surface area contributed by atoms with E-state index in [0.717, 1.165) is 6.42 Å².